The standard InChI is InChI=1S/C25H31FN2O/c1-16-11-21(28-10-9-18-12-20(26)8-7-19(18)15-28)13-22(17-5-6-17)24(16)27-23(29)14-25(2,3)4/h7-8,11-13,17H,5-6,9-10,14-15H2,1-4H3,(H,27,29)/i15D2. The van der Waals surface area contributed by atoms with Crippen LogP contribution < -0.4 is 10.2 Å². The number of hydrogen-bond donors (Lipinski definition) is 1. The number of halogens is 1. The molecule has 0 saturated heterocycles. The topological polar surface area (TPSA) is 32.3 Å². The van der Waals surface area contributed by atoms with E-state index in [-0.39, 0.29) is 17.1 Å². The maximum Gasteiger partial charge on any atom is 0.224 e. The van der Waals surface area contributed by atoms with E-state index in [4.69, 9.17) is 2.74 Å². The lowest BCUT2D eigenvalue weighted by Crippen LogP contribution is -2.30. The second-order valence-corrected chi connectivity index (χ2v) is 9.60. The lowest BCUT2D eigenvalue weighted by atomic mass is 9.91. The summed E-state index contributed by atoms with van der Waals surface area (Å²) < 4.78 is 31.3. The van der Waals surface area contributed by atoms with E-state index in [1.54, 1.807) is 11.0 Å². The molecule has 0 unspecified atom stereocenters. The van der Waals surface area contributed by atoms with Crippen LogP contribution in [0.15, 0.2) is 30.3 Å². The molecule has 0 radical (unpaired) electrons. The van der Waals surface area contributed by atoms with Crippen molar-refractivity contribution in [3.05, 3.63) is 58.4 Å². The summed E-state index contributed by atoms with van der Waals surface area (Å²) in [7, 11) is 0. The third-order valence-electron chi connectivity index (χ3n) is 5.56. The normalized spacial score (nSPS) is 19.3. The van der Waals surface area contributed by atoms with Crippen molar-refractivity contribution in [2.24, 2.45) is 5.41 Å². The second-order valence-electron chi connectivity index (χ2n) is 9.60. The number of hydrogen-bond acceptors (Lipinski definition) is 2. The average molecular weight is 397 g/mol. The first-order valence-electron chi connectivity index (χ1n) is 11.5. The zero-order chi connectivity index (χ0) is 22.6. The number of fused-ring (bicyclic) bond motifs is 1. The summed E-state index contributed by atoms with van der Waals surface area (Å²) in [6, 6.07) is 8.34. The predicted octanol–water partition coefficient (Wildman–Crippen LogP) is 5.95. The Morgan fingerprint density at radius 3 is 2.69 bits per heavy atom. The molecule has 2 aromatic carbocycles. The number of carbonyl (C=O) groups excluding carboxylic acids is 1. The van der Waals surface area contributed by atoms with E-state index >= 15 is 0 Å². The van der Waals surface area contributed by atoms with Gasteiger partial charge in [-0.1, -0.05) is 26.8 Å². The van der Waals surface area contributed by atoms with Crippen molar-refractivity contribution in [3.8, 4) is 0 Å². The van der Waals surface area contributed by atoms with Crippen molar-refractivity contribution in [1.82, 2.24) is 0 Å². The summed E-state index contributed by atoms with van der Waals surface area (Å²) in [4.78, 5) is 14.4. The Hall–Kier alpha value is -2.36. The summed E-state index contributed by atoms with van der Waals surface area (Å²) in [6.07, 6.45) is 3.20. The van der Waals surface area contributed by atoms with Gasteiger partial charge in [0, 0.05) is 30.8 Å². The molecule has 1 fully saturated rings. The van der Waals surface area contributed by atoms with Gasteiger partial charge in [0.05, 0.1) is 2.74 Å². The molecule has 2 aromatic rings. The summed E-state index contributed by atoms with van der Waals surface area (Å²) in [6.45, 7) is 6.87. The lowest BCUT2D eigenvalue weighted by Gasteiger charge is -2.32. The maximum absolute atomic E-state index is 13.6. The van der Waals surface area contributed by atoms with Crippen LogP contribution in [0.2, 0.25) is 0 Å². The monoisotopic (exact) mass is 396 g/mol. The largest absolute Gasteiger partial charge is 0.367 e. The Morgan fingerprint density at radius 1 is 1.24 bits per heavy atom. The molecule has 4 heteroatoms. The number of rotatable bonds is 4. The van der Waals surface area contributed by atoms with Crippen LogP contribution >= 0.6 is 0 Å². The summed E-state index contributed by atoms with van der Waals surface area (Å²) in [5.74, 6) is 0.0837. The minimum absolute atomic E-state index is 0.00880. The third kappa shape index (κ3) is 4.63. The number of aryl methyl sites for hydroxylation is 1. The van der Waals surface area contributed by atoms with Crippen LogP contribution in [0.3, 0.4) is 0 Å². The molecule has 154 valence electrons. The van der Waals surface area contributed by atoms with E-state index in [0.717, 1.165) is 40.9 Å². The van der Waals surface area contributed by atoms with Crippen molar-refractivity contribution >= 4 is 17.3 Å². The first-order chi connectivity index (χ1) is 14.5. The lowest BCUT2D eigenvalue weighted by molar-refractivity contribution is -0.117. The van der Waals surface area contributed by atoms with Gasteiger partial charge in [0.25, 0.3) is 0 Å². The fraction of sp³-hybridized carbons (Fsp3) is 0.480. The number of benzene rings is 2. The molecule has 1 amide bonds. The zero-order valence-corrected chi connectivity index (χ0v) is 17.7. The van der Waals surface area contributed by atoms with Crippen LogP contribution in [-0.4, -0.2) is 12.5 Å². The van der Waals surface area contributed by atoms with Gasteiger partial charge in [0.2, 0.25) is 5.91 Å². The van der Waals surface area contributed by atoms with Gasteiger partial charge in [-0.15, -0.1) is 0 Å². The van der Waals surface area contributed by atoms with Crippen molar-refractivity contribution in [1.29, 1.82) is 0 Å². The SMILES string of the molecule is [2H]C1([2H])c2ccc(F)cc2CCN1c1cc(C)c(NC(=O)CC(C)(C)C)c(C2CC2)c1. The minimum Gasteiger partial charge on any atom is -0.367 e. The molecule has 0 spiro atoms. The molecule has 0 aromatic heterocycles. The zero-order valence-electron chi connectivity index (χ0n) is 19.7. The summed E-state index contributed by atoms with van der Waals surface area (Å²) in [5, 5.41) is 3.14. The predicted molar refractivity (Wildman–Crippen MR) is 117 cm³/mol. The molecular formula is C25H31FN2O. The van der Waals surface area contributed by atoms with Crippen molar-refractivity contribution < 1.29 is 11.9 Å². The first-order valence-corrected chi connectivity index (χ1v) is 10.5. The molecule has 0 bridgehead atoms. The molecular weight excluding hydrogens is 363 g/mol. The molecule has 1 saturated carbocycles. The molecule has 0 atom stereocenters. The van der Waals surface area contributed by atoms with E-state index < -0.39 is 6.50 Å². The van der Waals surface area contributed by atoms with Crippen LogP contribution in [0.1, 0.15) is 70.9 Å². The van der Waals surface area contributed by atoms with E-state index in [0.29, 0.717) is 30.9 Å². The van der Waals surface area contributed by atoms with Gasteiger partial charge in [0.15, 0.2) is 0 Å². The third-order valence-corrected chi connectivity index (χ3v) is 5.56. The molecule has 3 nitrogen and oxygen atoms in total. The van der Waals surface area contributed by atoms with Crippen molar-refractivity contribution in [2.75, 3.05) is 16.8 Å². The van der Waals surface area contributed by atoms with Gasteiger partial charge in [-0.2, -0.15) is 0 Å². The highest BCUT2D eigenvalue weighted by Gasteiger charge is 2.29. The van der Waals surface area contributed by atoms with Gasteiger partial charge in [-0.25, -0.2) is 4.39 Å². The van der Waals surface area contributed by atoms with E-state index in [2.05, 4.69) is 5.32 Å². The molecule has 1 aliphatic carbocycles. The van der Waals surface area contributed by atoms with Crippen LogP contribution in [0.4, 0.5) is 15.8 Å². The van der Waals surface area contributed by atoms with Crippen LogP contribution in [0.25, 0.3) is 0 Å². The van der Waals surface area contributed by atoms with Crippen LogP contribution in [0.5, 0.6) is 0 Å². The smallest absolute Gasteiger partial charge is 0.224 e. The van der Waals surface area contributed by atoms with Crippen LogP contribution in [-0.2, 0) is 17.7 Å². The van der Waals surface area contributed by atoms with Gasteiger partial charge >= 0.3 is 0 Å². The molecule has 29 heavy (non-hydrogen) atoms. The highest BCUT2D eigenvalue weighted by atomic mass is 19.1. The van der Waals surface area contributed by atoms with E-state index in [9.17, 15) is 9.18 Å². The number of carbonyl (C=O) groups is 1. The number of nitrogens with zero attached hydrogens (tertiary/aromatic N) is 1. The molecule has 1 heterocycles. The summed E-state index contributed by atoms with van der Waals surface area (Å²) >= 11 is 0. The maximum atomic E-state index is 13.6. The molecule has 2 aliphatic rings. The quantitative estimate of drug-likeness (QED) is 0.693. The number of nitrogens with one attached hydrogen (secondary N) is 1. The number of amides is 1. The Morgan fingerprint density at radius 2 is 2.00 bits per heavy atom. The first kappa shape index (κ1) is 17.5. The molecule has 4 rings (SSSR count). The van der Waals surface area contributed by atoms with Gasteiger partial charge in [0.1, 0.15) is 5.82 Å². The fourth-order valence-electron chi connectivity index (χ4n) is 4.01. The molecule has 1 N–H and O–H groups in total. The van der Waals surface area contributed by atoms with Crippen LogP contribution in [0, 0.1) is 18.2 Å². The fourth-order valence-corrected chi connectivity index (χ4v) is 4.01. The van der Waals surface area contributed by atoms with Gasteiger partial charge in [-0.05, 0) is 84.0 Å². The Bertz CT molecular complexity index is 1020. The Balaban J connectivity index is 1.69. The van der Waals surface area contributed by atoms with Crippen molar-refractivity contribution in [3.63, 3.8) is 0 Å². The summed E-state index contributed by atoms with van der Waals surface area (Å²) in [5.41, 5.74) is 4.89. The highest BCUT2D eigenvalue weighted by molar-refractivity contribution is 5.93. The minimum atomic E-state index is -1.73. The van der Waals surface area contributed by atoms with Gasteiger partial charge in [-0.3, -0.25) is 4.79 Å². The molecule has 1 aliphatic heterocycles. The second kappa shape index (κ2) is 7.47. The Labute approximate surface area is 176 Å². The van der Waals surface area contributed by atoms with E-state index in [1.165, 1.54) is 12.1 Å². The van der Waals surface area contributed by atoms with Gasteiger partial charge < -0.3 is 10.2 Å². The number of anilines is 2. The highest BCUT2D eigenvalue weighted by Crippen LogP contribution is 2.46. The average Bonchev–Trinajstić information content (AvgIpc) is 3.46. The van der Waals surface area contributed by atoms with E-state index in [1.807, 2.05) is 39.8 Å². The Kier molecular flexibility index (Phi) is 4.51. The van der Waals surface area contributed by atoms with Crippen molar-refractivity contribution in [2.45, 2.75) is 65.8 Å².